The van der Waals surface area contributed by atoms with Crippen molar-refractivity contribution in [2.45, 2.75) is 13.5 Å². The Bertz CT molecular complexity index is 487. The normalized spacial score (nSPS) is 10.4. The van der Waals surface area contributed by atoms with Crippen LogP contribution in [0.1, 0.15) is 5.69 Å². The van der Waals surface area contributed by atoms with Crippen LogP contribution in [0.3, 0.4) is 0 Å². The molecule has 1 N–H and O–H groups in total. The minimum atomic E-state index is 0.212. The van der Waals surface area contributed by atoms with Gasteiger partial charge in [-0.05, 0) is 24.4 Å². The van der Waals surface area contributed by atoms with Gasteiger partial charge in [-0.3, -0.25) is 10.1 Å². The molecule has 0 fully saturated rings. The second kappa shape index (κ2) is 4.49. The Morgan fingerprint density at radius 1 is 1.62 bits per heavy atom. The van der Waals surface area contributed by atoms with Crippen LogP contribution in [0.5, 0.6) is 0 Å². The topological polar surface area (TPSA) is 50.9 Å². The van der Waals surface area contributed by atoms with Crippen LogP contribution in [0, 0.1) is 12.3 Å². The molecule has 0 atom stereocenters. The molecule has 84 valence electrons. The second-order valence-corrected chi connectivity index (χ2v) is 4.38. The van der Waals surface area contributed by atoms with Gasteiger partial charge in [0.15, 0.2) is 0 Å². The molecule has 0 amide bonds. The van der Waals surface area contributed by atoms with Gasteiger partial charge in [-0.25, -0.2) is 0 Å². The zero-order valence-corrected chi connectivity index (χ0v) is 10.0. The number of hydrogen-bond donors (Lipinski definition) is 1. The van der Waals surface area contributed by atoms with Crippen LogP contribution < -0.4 is 0 Å². The fourth-order valence-corrected chi connectivity index (χ4v) is 2.10. The van der Waals surface area contributed by atoms with E-state index >= 15 is 0 Å². The molecule has 0 unspecified atom stereocenters. The van der Waals surface area contributed by atoms with Crippen molar-refractivity contribution in [3.63, 3.8) is 0 Å². The lowest BCUT2D eigenvalue weighted by Gasteiger charge is -2.03. The average molecular weight is 235 g/mol. The SMILES string of the molecule is COC(=N)Cn1nc(-c2cccs2)cc1C. The van der Waals surface area contributed by atoms with Gasteiger partial charge in [-0.15, -0.1) is 11.3 Å². The molecule has 0 bridgehead atoms. The molecule has 0 saturated heterocycles. The highest BCUT2D eigenvalue weighted by Crippen LogP contribution is 2.23. The smallest absolute Gasteiger partial charge is 0.202 e. The zero-order chi connectivity index (χ0) is 11.5. The average Bonchev–Trinajstić information content (AvgIpc) is 2.88. The molecule has 0 aliphatic heterocycles. The molecule has 2 rings (SSSR count). The Balaban J connectivity index is 2.25. The highest BCUT2D eigenvalue weighted by molar-refractivity contribution is 7.13. The number of rotatable bonds is 3. The maximum absolute atomic E-state index is 7.47. The number of aromatic nitrogens is 2. The number of nitrogens with zero attached hydrogens (tertiary/aromatic N) is 2. The monoisotopic (exact) mass is 235 g/mol. The molecule has 0 spiro atoms. The highest BCUT2D eigenvalue weighted by atomic mass is 32.1. The largest absolute Gasteiger partial charge is 0.483 e. The van der Waals surface area contributed by atoms with Crippen molar-refractivity contribution in [3.8, 4) is 10.6 Å². The third-order valence-corrected chi connectivity index (χ3v) is 3.19. The van der Waals surface area contributed by atoms with Crippen LogP contribution in [-0.2, 0) is 11.3 Å². The van der Waals surface area contributed by atoms with Crippen molar-refractivity contribution in [1.29, 1.82) is 5.41 Å². The lowest BCUT2D eigenvalue weighted by atomic mass is 10.3. The first kappa shape index (κ1) is 10.9. The summed E-state index contributed by atoms with van der Waals surface area (Å²) < 4.78 is 6.61. The van der Waals surface area contributed by atoms with Crippen LogP contribution in [0.2, 0.25) is 0 Å². The van der Waals surface area contributed by atoms with E-state index < -0.39 is 0 Å². The Labute approximate surface area is 98.0 Å². The molecule has 0 saturated carbocycles. The van der Waals surface area contributed by atoms with E-state index in [1.165, 1.54) is 7.11 Å². The minimum Gasteiger partial charge on any atom is -0.483 e. The maximum Gasteiger partial charge on any atom is 0.202 e. The molecule has 4 nitrogen and oxygen atoms in total. The number of hydrogen-bond acceptors (Lipinski definition) is 4. The second-order valence-electron chi connectivity index (χ2n) is 3.43. The van der Waals surface area contributed by atoms with Gasteiger partial charge in [0.1, 0.15) is 12.2 Å². The Hall–Kier alpha value is -1.62. The Kier molecular flexibility index (Phi) is 3.05. The van der Waals surface area contributed by atoms with Crippen LogP contribution in [0.25, 0.3) is 10.6 Å². The van der Waals surface area contributed by atoms with Gasteiger partial charge in [0.25, 0.3) is 0 Å². The Morgan fingerprint density at radius 2 is 2.44 bits per heavy atom. The van der Waals surface area contributed by atoms with Crippen LogP contribution >= 0.6 is 11.3 Å². The molecule has 0 aromatic carbocycles. The summed E-state index contributed by atoms with van der Waals surface area (Å²) in [6.07, 6.45) is 0. The van der Waals surface area contributed by atoms with Gasteiger partial charge < -0.3 is 4.74 Å². The number of aryl methyl sites for hydroxylation is 1. The molecule has 2 heterocycles. The van der Waals surface area contributed by atoms with E-state index in [1.54, 1.807) is 16.0 Å². The minimum absolute atomic E-state index is 0.212. The zero-order valence-electron chi connectivity index (χ0n) is 9.23. The van der Waals surface area contributed by atoms with E-state index in [0.717, 1.165) is 16.3 Å². The predicted molar refractivity (Wildman–Crippen MR) is 65.0 cm³/mol. The van der Waals surface area contributed by atoms with Gasteiger partial charge in [0.2, 0.25) is 5.90 Å². The summed E-state index contributed by atoms with van der Waals surface area (Å²) >= 11 is 1.66. The van der Waals surface area contributed by atoms with Crippen molar-refractivity contribution < 1.29 is 4.74 Å². The van der Waals surface area contributed by atoms with Gasteiger partial charge in [-0.2, -0.15) is 5.10 Å². The summed E-state index contributed by atoms with van der Waals surface area (Å²) in [6.45, 7) is 2.36. The molecule has 0 aliphatic rings. The molecule has 5 heteroatoms. The summed E-state index contributed by atoms with van der Waals surface area (Å²) in [5.74, 6) is 0.212. The molecule has 2 aromatic heterocycles. The standard InChI is InChI=1S/C11H13N3OS/c1-8-6-9(10-4-3-5-16-10)13-14(8)7-11(12)15-2/h3-6,12H,7H2,1-2H3. The summed E-state index contributed by atoms with van der Waals surface area (Å²) in [7, 11) is 1.50. The van der Waals surface area contributed by atoms with Gasteiger partial charge in [0.05, 0.1) is 12.0 Å². The molecule has 16 heavy (non-hydrogen) atoms. The van der Waals surface area contributed by atoms with Crippen molar-refractivity contribution in [1.82, 2.24) is 9.78 Å². The number of ether oxygens (including phenoxy) is 1. The quantitative estimate of drug-likeness (QED) is 0.656. The first-order valence-corrected chi connectivity index (χ1v) is 5.78. The van der Waals surface area contributed by atoms with Crippen molar-refractivity contribution in [2.24, 2.45) is 0 Å². The fourth-order valence-electron chi connectivity index (χ4n) is 1.42. The first-order chi connectivity index (χ1) is 7.70. The number of thiophene rings is 1. The van der Waals surface area contributed by atoms with Gasteiger partial charge in [-0.1, -0.05) is 6.07 Å². The Morgan fingerprint density at radius 3 is 3.06 bits per heavy atom. The van der Waals surface area contributed by atoms with Crippen molar-refractivity contribution >= 4 is 17.2 Å². The fraction of sp³-hybridized carbons (Fsp3) is 0.273. The third-order valence-electron chi connectivity index (χ3n) is 2.29. The van der Waals surface area contributed by atoms with E-state index in [4.69, 9.17) is 10.1 Å². The van der Waals surface area contributed by atoms with E-state index in [1.807, 2.05) is 30.5 Å². The van der Waals surface area contributed by atoms with Crippen molar-refractivity contribution in [2.75, 3.05) is 7.11 Å². The van der Waals surface area contributed by atoms with Crippen LogP contribution in [0.4, 0.5) is 0 Å². The van der Waals surface area contributed by atoms with Crippen LogP contribution in [-0.4, -0.2) is 22.8 Å². The highest BCUT2D eigenvalue weighted by Gasteiger charge is 2.08. The van der Waals surface area contributed by atoms with Crippen LogP contribution in [0.15, 0.2) is 23.6 Å². The van der Waals surface area contributed by atoms with Crippen molar-refractivity contribution in [3.05, 3.63) is 29.3 Å². The van der Waals surface area contributed by atoms with Gasteiger partial charge in [0, 0.05) is 5.69 Å². The summed E-state index contributed by atoms with van der Waals surface area (Å²) in [5, 5.41) is 14.0. The lowest BCUT2D eigenvalue weighted by molar-refractivity contribution is 0.376. The molecular formula is C11H13N3OS. The number of methoxy groups -OCH3 is 1. The number of nitrogens with one attached hydrogen (secondary N) is 1. The first-order valence-electron chi connectivity index (χ1n) is 4.90. The summed E-state index contributed by atoms with van der Waals surface area (Å²) in [5.41, 5.74) is 1.99. The molecule has 0 aliphatic carbocycles. The van der Waals surface area contributed by atoms with E-state index in [-0.39, 0.29) is 5.90 Å². The molecule has 2 aromatic rings. The van der Waals surface area contributed by atoms with Gasteiger partial charge >= 0.3 is 0 Å². The summed E-state index contributed by atoms with van der Waals surface area (Å²) in [4.78, 5) is 1.14. The van der Waals surface area contributed by atoms with E-state index in [2.05, 4.69) is 5.10 Å². The predicted octanol–water partition coefficient (Wildman–Crippen LogP) is 2.54. The molecular weight excluding hydrogens is 222 g/mol. The lowest BCUT2D eigenvalue weighted by Crippen LogP contribution is -2.13. The van der Waals surface area contributed by atoms with E-state index in [0.29, 0.717) is 6.54 Å². The van der Waals surface area contributed by atoms with E-state index in [9.17, 15) is 0 Å². The summed E-state index contributed by atoms with van der Waals surface area (Å²) in [6, 6.07) is 6.07. The third kappa shape index (κ3) is 2.14. The molecule has 0 radical (unpaired) electrons. The maximum atomic E-state index is 7.47.